The molecule has 0 aliphatic carbocycles. The molecule has 0 radical (unpaired) electrons. The lowest BCUT2D eigenvalue weighted by molar-refractivity contribution is -0.137. The molecule has 6 heteroatoms. The summed E-state index contributed by atoms with van der Waals surface area (Å²) < 4.78 is 21.3. The van der Waals surface area contributed by atoms with Crippen LogP contribution in [0.15, 0.2) is 36.4 Å². The Morgan fingerprint density at radius 1 is 1.00 bits per heavy atom. The summed E-state index contributed by atoms with van der Waals surface area (Å²) in [5.74, 6) is 2.08. The van der Waals surface area contributed by atoms with Gasteiger partial charge in [0.15, 0.2) is 11.5 Å². The molecule has 2 aromatic rings. The maximum Gasteiger partial charge on any atom is 0.249 e. The van der Waals surface area contributed by atoms with Crippen molar-refractivity contribution in [2.24, 2.45) is 0 Å². The number of nitrogens with zero attached hydrogens (tertiary/aromatic N) is 1. The van der Waals surface area contributed by atoms with Gasteiger partial charge in [-0.15, -0.1) is 0 Å². The molecule has 0 aromatic heterocycles. The van der Waals surface area contributed by atoms with Crippen molar-refractivity contribution in [3.05, 3.63) is 53.1 Å². The van der Waals surface area contributed by atoms with Gasteiger partial charge in [-0.3, -0.25) is 4.79 Å². The second-order valence-electron chi connectivity index (χ2n) is 6.35. The first-order valence-electron chi connectivity index (χ1n) is 8.80. The molecule has 1 atom stereocenters. The second kappa shape index (κ2) is 8.31. The van der Waals surface area contributed by atoms with Gasteiger partial charge in [-0.05, 0) is 47.4 Å². The molecule has 0 fully saturated rings. The third kappa shape index (κ3) is 3.71. The Labute approximate surface area is 159 Å². The number of ether oxygens (including phenoxy) is 4. The highest BCUT2D eigenvalue weighted by atomic mass is 16.5. The predicted octanol–water partition coefficient (Wildman–Crippen LogP) is 2.83. The van der Waals surface area contributed by atoms with Crippen molar-refractivity contribution in [3.63, 3.8) is 0 Å². The van der Waals surface area contributed by atoms with E-state index < -0.39 is 0 Å². The highest BCUT2D eigenvalue weighted by Gasteiger charge is 2.33. The largest absolute Gasteiger partial charge is 0.497 e. The van der Waals surface area contributed by atoms with Gasteiger partial charge in [-0.1, -0.05) is 12.1 Å². The molecule has 1 aliphatic heterocycles. The average Bonchev–Trinajstić information content (AvgIpc) is 2.72. The fourth-order valence-electron chi connectivity index (χ4n) is 3.57. The summed E-state index contributed by atoms with van der Waals surface area (Å²) in [6.07, 6.45) is 0.748. The molecule has 0 bridgehead atoms. The number of carbonyl (C=O) groups excluding carboxylic acids is 1. The first kappa shape index (κ1) is 19.0. The van der Waals surface area contributed by atoms with Gasteiger partial charge in [0.2, 0.25) is 5.91 Å². The summed E-state index contributed by atoms with van der Waals surface area (Å²) in [5.41, 5.74) is 3.19. The van der Waals surface area contributed by atoms with Crippen LogP contribution in [0.1, 0.15) is 22.7 Å². The standard InChI is InChI=1S/C21H25NO5/c1-24-13-20(23)22-10-9-15-11-18(26-3)19(27-4)12-17(15)21(22)14-5-7-16(25-2)8-6-14/h5-8,11-12,21H,9-10,13H2,1-4H3. The molecule has 0 saturated heterocycles. The Balaban J connectivity index is 2.11. The number of methoxy groups -OCH3 is 4. The quantitative estimate of drug-likeness (QED) is 0.782. The predicted molar refractivity (Wildman–Crippen MR) is 102 cm³/mol. The van der Waals surface area contributed by atoms with Gasteiger partial charge >= 0.3 is 0 Å². The topological polar surface area (TPSA) is 57.2 Å². The van der Waals surface area contributed by atoms with Crippen LogP contribution >= 0.6 is 0 Å². The van der Waals surface area contributed by atoms with Crippen molar-refractivity contribution in [1.82, 2.24) is 4.90 Å². The minimum absolute atomic E-state index is 0.0428. The SMILES string of the molecule is COCC(=O)N1CCc2cc(OC)c(OC)cc2C1c1ccc(OC)cc1. The van der Waals surface area contributed by atoms with Crippen LogP contribution < -0.4 is 14.2 Å². The third-order valence-corrected chi connectivity index (χ3v) is 4.89. The monoisotopic (exact) mass is 371 g/mol. The van der Waals surface area contributed by atoms with Crippen molar-refractivity contribution in [2.45, 2.75) is 12.5 Å². The van der Waals surface area contributed by atoms with Gasteiger partial charge in [0.1, 0.15) is 12.4 Å². The zero-order chi connectivity index (χ0) is 19.4. The van der Waals surface area contributed by atoms with Crippen molar-refractivity contribution in [3.8, 4) is 17.2 Å². The van der Waals surface area contributed by atoms with Crippen LogP contribution in [-0.4, -0.2) is 52.4 Å². The summed E-state index contributed by atoms with van der Waals surface area (Å²) in [6.45, 7) is 0.663. The van der Waals surface area contributed by atoms with E-state index in [4.69, 9.17) is 18.9 Å². The van der Waals surface area contributed by atoms with E-state index in [2.05, 4.69) is 0 Å². The van der Waals surface area contributed by atoms with Crippen LogP contribution in [-0.2, 0) is 16.0 Å². The number of carbonyl (C=O) groups is 1. The lowest BCUT2D eigenvalue weighted by Crippen LogP contribution is -2.42. The van der Waals surface area contributed by atoms with Gasteiger partial charge in [0, 0.05) is 13.7 Å². The summed E-state index contributed by atoms with van der Waals surface area (Å²) in [5, 5.41) is 0. The summed E-state index contributed by atoms with van der Waals surface area (Å²) >= 11 is 0. The molecule has 1 unspecified atom stereocenters. The van der Waals surface area contributed by atoms with Crippen molar-refractivity contribution >= 4 is 5.91 Å². The third-order valence-electron chi connectivity index (χ3n) is 4.89. The van der Waals surface area contributed by atoms with E-state index in [9.17, 15) is 4.79 Å². The Hall–Kier alpha value is -2.73. The van der Waals surface area contributed by atoms with E-state index in [-0.39, 0.29) is 18.6 Å². The number of hydrogen-bond donors (Lipinski definition) is 0. The van der Waals surface area contributed by atoms with Gasteiger partial charge in [0.25, 0.3) is 0 Å². The van der Waals surface area contributed by atoms with Crippen molar-refractivity contribution < 1.29 is 23.7 Å². The van der Waals surface area contributed by atoms with E-state index in [1.807, 2.05) is 41.3 Å². The molecule has 2 aromatic carbocycles. The molecule has 1 heterocycles. The second-order valence-corrected chi connectivity index (χ2v) is 6.35. The zero-order valence-corrected chi connectivity index (χ0v) is 16.2. The first-order chi connectivity index (χ1) is 13.1. The molecular weight excluding hydrogens is 346 g/mol. The van der Waals surface area contributed by atoms with Crippen LogP contribution in [0.2, 0.25) is 0 Å². The summed E-state index contributed by atoms with van der Waals surface area (Å²) in [6, 6.07) is 11.5. The molecule has 0 N–H and O–H groups in total. The van der Waals surface area contributed by atoms with E-state index in [0.717, 1.165) is 28.9 Å². The normalized spacial score (nSPS) is 15.9. The Bertz CT molecular complexity index is 803. The number of hydrogen-bond acceptors (Lipinski definition) is 5. The maximum atomic E-state index is 12.7. The highest BCUT2D eigenvalue weighted by Crippen LogP contribution is 2.41. The molecular formula is C21H25NO5. The lowest BCUT2D eigenvalue weighted by atomic mass is 9.87. The van der Waals surface area contributed by atoms with Gasteiger partial charge in [0.05, 0.1) is 27.4 Å². The number of benzene rings is 2. The van der Waals surface area contributed by atoms with Crippen LogP contribution in [0.4, 0.5) is 0 Å². The van der Waals surface area contributed by atoms with E-state index in [0.29, 0.717) is 18.0 Å². The lowest BCUT2D eigenvalue weighted by Gasteiger charge is -2.38. The smallest absolute Gasteiger partial charge is 0.249 e. The summed E-state index contributed by atoms with van der Waals surface area (Å²) in [4.78, 5) is 14.6. The van der Waals surface area contributed by atoms with E-state index in [1.54, 1.807) is 21.3 Å². The van der Waals surface area contributed by atoms with E-state index in [1.165, 1.54) is 7.11 Å². The molecule has 1 aliphatic rings. The van der Waals surface area contributed by atoms with Gasteiger partial charge < -0.3 is 23.8 Å². The van der Waals surface area contributed by atoms with Crippen molar-refractivity contribution in [1.29, 1.82) is 0 Å². The van der Waals surface area contributed by atoms with Crippen molar-refractivity contribution in [2.75, 3.05) is 41.6 Å². The maximum absolute atomic E-state index is 12.7. The van der Waals surface area contributed by atoms with Gasteiger partial charge in [-0.25, -0.2) is 0 Å². The molecule has 1 amide bonds. The number of rotatable bonds is 6. The van der Waals surface area contributed by atoms with Crippen LogP contribution in [0.3, 0.4) is 0 Å². The molecule has 144 valence electrons. The zero-order valence-electron chi connectivity index (χ0n) is 16.2. The molecule has 3 rings (SSSR count). The molecule has 6 nitrogen and oxygen atoms in total. The fraction of sp³-hybridized carbons (Fsp3) is 0.381. The highest BCUT2D eigenvalue weighted by molar-refractivity contribution is 5.79. The summed E-state index contributed by atoms with van der Waals surface area (Å²) in [7, 11) is 6.41. The van der Waals surface area contributed by atoms with Crippen LogP contribution in [0.5, 0.6) is 17.2 Å². The minimum atomic E-state index is -0.220. The average molecular weight is 371 g/mol. The first-order valence-corrected chi connectivity index (χ1v) is 8.80. The minimum Gasteiger partial charge on any atom is -0.497 e. The molecule has 27 heavy (non-hydrogen) atoms. The van der Waals surface area contributed by atoms with Crippen LogP contribution in [0, 0.1) is 0 Å². The van der Waals surface area contributed by atoms with Crippen LogP contribution in [0.25, 0.3) is 0 Å². The number of amides is 1. The van der Waals surface area contributed by atoms with E-state index >= 15 is 0 Å². The number of fused-ring (bicyclic) bond motifs is 1. The Morgan fingerprint density at radius 3 is 2.26 bits per heavy atom. The molecule has 0 saturated carbocycles. The Morgan fingerprint density at radius 2 is 1.67 bits per heavy atom. The van der Waals surface area contributed by atoms with Gasteiger partial charge in [-0.2, -0.15) is 0 Å². The Kier molecular flexibility index (Phi) is 5.86. The molecule has 0 spiro atoms. The fourth-order valence-corrected chi connectivity index (χ4v) is 3.57.